The predicted octanol–water partition coefficient (Wildman–Crippen LogP) is 3.00. The first-order chi connectivity index (χ1) is 11.6. The lowest BCUT2D eigenvalue weighted by atomic mass is 10.2. The Labute approximate surface area is 136 Å². The van der Waals surface area contributed by atoms with Crippen LogP contribution >= 0.6 is 0 Å². The molecule has 0 amide bonds. The molecule has 0 spiro atoms. The van der Waals surface area contributed by atoms with E-state index in [2.05, 4.69) is 9.72 Å². The van der Waals surface area contributed by atoms with Crippen LogP contribution in [0.3, 0.4) is 0 Å². The average molecular weight is 338 g/mol. The van der Waals surface area contributed by atoms with Crippen LogP contribution in [0.2, 0.25) is 0 Å². The van der Waals surface area contributed by atoms with Gasteiger partial charge >= 0.3 is 6.61 Å². The fourth-order valence-electron chi connectivity index (χ4n) is 2.16. The maximum atomic E-state index is 12.5. The number of aldehydes is 1. The van der Waals surface area contributed by atoms with Gasteiger partial charge in [-0.15, -0.1) is 0 Å². The van der Waals surface area contributed by atoms with Gasteiger partial charge in [-0.05, 0) is 37.0 Å². The highest BCUT2D eigenvalue weighted by Crippen LogP contribution is 2.36. The lowest BCUT2D eigenvalue weighted by Gasteiger charge is -2.12. The van der Waals surface area contributed by atoms with Crippen molar-refractivity contribution in [2.24, 2.45) is 11.7 Å². The van der Waals surface area contributed by atoms with Crippen LogP contribution in [0, 0.1) is 5.92 Å². The molecule has 0 bridgehead atoms. The van der Waals surface area contributed by atoms with E-state index in [9.17, 15) is 13.6 Å². The summed E-state index contributed by atoms with van der Waals surface area (Å²) in [6, 6.07) is 4.36. The molecule has 2 N–H and O–H groups in total. The number of halogens is 2. The molecule has 1 aromatic heterocycles. The lowest BCUT2D eigenvalue weighted by molar-refractivity contribution is -0.0515. The van der Waals surface area contributed by atoms with Gasteiger partial charge in [-0.3, -0.25) is 4.79 Å². The highest BCUT2D eigenvalue weighted by molar-refractivity contribution is 5.75. The first kappa shape index (κ1) is 16.4. The minimum Gasteiger partial charge on any atom is -0.489 e. The number of hydrogen-bond acceptors (Lipinski definition) is 6. The summed E-state index contributed by atoms with van der Waals surface area (Å²) in [6.45, 7) is -2.49. The molecular weight excluding hydrogens is 322 g/mol. The number of aromatic nitrogens is 1. The average Bonchev–Trinajstić information content (AvgIpc) is 3.30. The van der Waals surface area contributed by atoms with Crippen LogP contribution in [-0.4, -0.2) is 24.5 Å². The highest BCUT2D eigenvalue weighted by atomic mass is 19.3. The third-order valence-electron chi connectivity index (χ3n) is 3.60. The smallest absolute Gasteiger partial charge is 0.387 e. The van der Waals surface area contributed by atoms with Crippen LogP contribution in [0.25, 0.3) is 11.5 Å². The van der Waals surface area contributed by atoms with Crippen molar-refractivity contribution in [1.82, 2.24) is 4.98 Å². The second-order valence-corrected chi connectivity index (χ2v) is 5.44. The van der Waals surface area contributed by atoms with Crippen LogP contribution in [0.5, 0.6) is 11.5 Å². The summed E-state index contributed by atoms with van der Waals surface area (Å²) in [7, 11) is 0. The maximum absolute atomic E-state index is 12.5. The summed E-state index contributed by atoms with van der Waals surface area (Å²) < 4.78 is 40.6. The Bertz CT molecular complexity index is 729. The van der Waals surface area contributed by atoms with Gasteiger partial charge in [0.2, 0.25) is 5.89 Å². The number of rotatable bonds is 8. The number of carbonyl (C=O) groups is 1. The van der Waals surface area contributed by atoms with E-state index in [1.807, 2.05) is 0 Å². The second kappa shape index (κ2) is 6.96. The first-order valence-corrected chi connectivity index (χ1v) is 7.47. The van der Waals surface area contributed by atoms with E-state index >= 15 is 0 Å². The van der Waals surface area contributed by atoms with Crippen LogP contribution in [0.4, 0.5) is 8.78 Å². The van der Waals surface area contributed by atoms with Gasteiger partial charge < -0.3 is 19.6 Å². The van der Waals surface area contributed by atoms with Crippen molar-refractivity contribution in [1.29, 1.82) is 0 Å². The highest BCUT2D eigenvalue weighted by Gasteiger charge is 2.23. The number of alkyl halides is 2. The van der Waals surface area contributed by atoms with Gasteiger partial charge in [-0.2, -0.15) is 8.78 Å². The Morgan fingerprint density at radius 3 is 2.75 bits per heavy atom. The summed E-state index contributed by atoms with van der Waals surface area (Å²) >= 11 is 0. The summed E-state index contributed by atoms with van der Waals surface area (Å²) in [5.74, 6) is 0.988. The maximum Gasteiger partial charge on any atom is 0.387 e. The molecule has 24 heavy (non-hydrogen) atoms. The Kier molecular flexibility index (Phi) is 4.75. The standard InChI is InChI=1S/C16H16F2N2O4/c17-16(18)24-12-4-3-10(5-13(12)22-8-9-1-2-9)15-20-11(7-21)14(6-19)23-15/h3-5,7,9,16H,1-2,6,8,19H2. The Balaban J connectivity index is 1.91. The molecule has 1 aromatic carbocycles. The van der Waals surface area contributed by atoms with Crippen molar-refractivity contribution in [3.63, 3.8) is 0 Å². The Morgan fingerprint density at radius 2 is 2.17 bits per heavy atom. The van der Waals surface area contributed by atoms with Gasteiger partial charge in [0.15, 0.2) is 17.8 Å². The zero-order valence-corrected chi connectivity index (χ0v) is 12.7. The van der Waals surface area contributed by atoms with Gasteiger partial charge in [-0.1, -0.05) is 0 Å². The molecule has 1 saturated carbocycles. The largest absolute Gasteiger partial charge is 0.489 e. The van der Waals surface area contributed by atoms with Crippen LogP contribution in [0.15, 0.2) is 22.6 Å². The van der Waals surface area contributed by atoms with E-state index in [1.165, 1.54) is 18.2 Å². The molecule has 0 atom stereocenters. The van der Waals surface area contributed by atoms with E-state index in [0.29, 0.717) is 24.4 Å². The topological polar surface area (TPSA) is 87.6 Å². The Hall–Kier alpha value is -2.48. The SMILES string of the molecule is NCc1oc(-c2ccc(OC(F)F)c(OCC3CC3)c2)nc1C=O. The molecule has 1 aliphatic carbocycles. The molecule has 6 nitrogen and oxygen atoms in total. The molecule has 8 heteroatoms. The number of hydrogen-bond donors (Lipinski definition) is 1. The van der Waals surface area contributed by atoms with Crippen molar-refractivity contribution in [3.8, 4) is 23.0 Å². The van der Waals surface area contributed by atoms with Gasteiger partial charge in [0.1, 0.15) is 11.5 Å². The fraction of sp³-hybridized carbons (Fsp3) is 0.375. The van der Waals surface area contributed by atoms with Crippen molar-refractivity contribution >= 4 is 6.29 Å². The molecule has 1 heterocycles. The van der Waals surface area contributed by atoms with Crippen molar-refractivity contribution in [3.05, 3.63) is 29.7 Å². The number of nitrogens with two attached hydrogens (primary N) is 1. The van der Waals surface area contributed by atoms with Crippen molar-refractivity contribution in [2.75, 3.05) is 6.61 Å². The molecule has 0 aliphatic heterocycles. The van der Waals surface area contributed by atoms with E-state index in [0.717, 1.165) is 12.8 Å². The van der Waals surface area contributed by atoms with E-state index in [1.54, 1.807) is 0 Å². The molecule has 3 rings (SSSR count). The van der Waals surface area contributed by atoms with E-state index < -0.39 is 6.61 Å². The van der Waals surface area contributed by atoms with E-state index in [-0.39, 0.29) is 35.4 Å². The number of ether oxygens (including phenoxy) is 2. The molecule has 0 radical (unpaired) electrons. The molecule has 1 aliphatic rings. The van der Waals surface area contributed by atoms with Crippen molar-refractivity contribution in [2.45, 2.75) is 26.0 Å². The van der Waals surface area contributed by atoms with Gasteiger partial charge in [0, 0.05) is 5.56 Å². The number of carbonyl (C=O) groups excluding carboxylic acids is 1. The molecule has 0 saturated heterocycles. The quantitative estimate of drug-likeness (QED) is 0.745. The van der Waals surface area contributed by atoms with Gasteiger partial charge in [0.05, 0.1) is 13.2 Å². The van der Waals surface area contributed by atoms with Crippen LogP contribution in [0.1, 0.15) is 29.1 Å². The first-order valence-electron chi connectivity index (χ1n) is 7.47. The number of nitrogens with zero attached hydrogens (tertiary/aromatic N) is 1. The predicted molar refractivity (Wildman–Crippen MR) is 80.1 cm³/mol. The summed E-state index contributed by atoms with van der Waals surface area (Å²) in [5, 5.41) is 0. The zero-order chi connectivity index (χ0) is 17.1. The summed E-state index contributed by atoms with van der Waals surface area (Å²) in [5.41, 5.74) is 6.08. The van der Waals surface area contributed by atoms with Gasteiger partial charge in [0.25, 0.3) is 0 Å². The molecule has 0 unspecified atom stereocenters. The lowest BCUT2D eigenvalue weighted by Crippen LogP contribution is -2.06. The molecule has 1 fully saturated rings. The van der Waals surface area contributed by atoms with Crippen LogP contribution in [-0.2, 0) is 6.54 Å². The normalized spacial score (nSPS) is 14.0. The summed E-state index contributed by atoms with van der Waals surface area (Å²) in [4.78, 5) is 15.0. The van der Waals surface area contributed by atoms with Crippen LogP contribution < -0.4 is 15.2 Å². The Morgan fingerprint density at radius 1 is 1.38 bits per heavy atom. The number of oxazole rings is 1. The minimum absolute atomic E-state index is 0.0265. The van der Waals surface area contributed by atoms with E-state index in [4.69, 9.17) is 14.9 Å². The van der Waals surface area contributed by atoms with Crippen molar-refractivity contribution < 1.29 is 27.5 Å². The monoisotopic (exact) mass is 338 g/mol. The second-order valence-electron chi connectivity index (χ2n) is 5.44. The molecule has 128 valence electrons. The zero-order valence-electron chi connectivity index (χ0n) is 12.7. The number of benzene rings is 1. The fourth-order valence-corrected chi connectivity index (χ4v) is 2.16. The van der Waals surface area contributed by atoms with Gasteiger partial charge in [-0.25, -0.2) is 4.98 Å². The molecule has 2 aromatic rings. The minimum atomic E-state index is -2.95. The third-order valence-corrected chi connectivity index (χ3v) is 3.60. The summed E-state index contributed by atoms with van der Waals surface area (Å²) in [6.07, 6.45) is 2.67. The molecular formula is C16H16F2N2O4. The third kappa shape index (κ3) is 3.70.